The number of fused-ring (bicyclic) bond motifs is 1. The molecule has 114 valence electrons. The standard InChI is InChI=1S/C17H23NO3/c1-12-5-6-15(19)14(10-12)16(20)18-9-8-17(21)7-3-2-4-13(17)11-18/h5-6,10,13,19,21H,2-4,7-9,11H2,1H3. The van der Waals surface area contributed by atoms with Crippen molar-refractivity contribution in [3.63, 3.8) is 0 Å². The van der Waals surface area contributed by atoms with Crippen molar-refractivity contribution in [3.8, 4) is 5.75 Å². The van der Waals surface area contributed by atoms with Gasteiger partial charge >= 0.3 is 0 Å². The molecular weight excluding hydrogens is 266 g/mol. The second-order valence-electron chi connectivity index (χ2n) is 6.57. The van der Waals surface area contributed by atoms with Gasteiger partial charge in [-0.2, -0.15) is 0 Å². The molecule has 2 N–H and O–H groups in total. The van der Waals surface area contributed by atoms with Gasteiger partial charge in [-0.05, 0) is 38.3 Å². The van der Waals surface area contributed by atoms with Gasteiger partial charge in [0.2, 0.25) is 0 Å². The summed E-state index contributed by atoms with van der Waals surface area (Å²) in [6.45, 7) is 3.08. The first kappa shape index (κ1) is 14.4. The van der Waals surface area contributed by atoms with Gasteiger partial charge in [-0.15, -0.1) is 0 Å². The maximum Gasteiger partial charge on any atom is 0.257 e. The minimum atomic E-state index is -0.580. The molecule has 1 aromatic rings. The average Bonchev–Trinajstić information content (AvgIpc) is 2.48. The summed E-state index contributed by atoms with van der Waals surface area (Å²) in [7, 11) is 0. The van der Waals surface area contributed by atoms with E-state index in [1.807, 2.05) is 6.92 Å². The SMILES string of the molecule is Cc1ccc(O)c(C(=O)N2CCC3(O)CCCCC3C2)c1. The normalized spacial score (nSPS) is 29.0. The Kier molecular flexibility index (Phi) is 3.66. The van der Waals surface area contributed by atoms with Crippen molar-refractivity contribution in [1.29, 1.82) is 0 Å². The second-order valence-corrected chi connectivity index (χ2v) is 6.57. The van der Waals surface area contributed by atoms with E-state index in [0.717, 1.165) is 31.2 Å². The first-order chi connectivity index (χ1) is 9.99. The van der Waals surface area contributed by atoms with Gasteiger partial charge in [0.1, 0.15) is 5.75 Å². The molecule has 21 heavy (non-hydrogen) atoms. The first-order valence-corrected chi connectivity index (χ1v) is 7.81. The summed E-state index contributed by atoms with van der Waals surface area (Å²) in [6, 6.07) is 5.10. The predicted molar refractivity (Wildman–Crippen MR) is 80.3 cm³/mol. The van der Waals surface area contributed by atoms with E-state index in [0.29, 0.717) is 25.1 Å². The second kappa shape index (κ2) is 5.34. The smallest absolute Gasteiger partial charge is 0.257 e. The Balaban J connectivity index is 1.79. The number of aliphatic hydroxyl groups is 1. The quantitative estimate of drug-likeness (QED) is 0.835. The fourth-order valence-corrected chi connectivity index (χ4v) is 3.75. The number of rotatable bonds is 1. The van der Waals surface area contributed by atoms with Crippen LogP contribution in [0.25, 0.3) is 0 Å². The Hall–Kier alpha value is -1.55. The van der Waals surface area contributed by atoms with E-state index in [1.165, 1.54) is 0 Å². The molecule has 0 aromatic heterocycles. The minimum absolute atomic E-state index is 0.0371. The lowest BCUT2D eigenvalue weighted by molar-refractivity contribution is -0.0886. The molecule has 1 aromatic carbocycles. The summed E-state index contributed by atoms with van der Waals surface area (Å²) < 4.78 is 0. The van der Waals surface area contributed by atoms with Gasteiger partial charge in [0.05, 0.1) is 11.2 Å². The van der Waals surface area contributed by atoms with Gasteiger partial charge in [-0.1, -0.05) is 24.5 Å². The topological polar surface area (TPSA) is 60.8 Å². The number of hydrogen-bond donors (Lipinski definition) is 2. The van der Waals surface area contributed by atoms with Crippen LogP contribution in [-0.4, -0.2) is 39.7 Å². The summed E-state index contributed by atoms with van der Waals surface area (Å²) in [4.78, 5) is 14.4. The van der Waals surface area contributed by atoms with Crippen LogP contribution in [-0.2, 0) is 0 Å². The monoisotopic (exact) mass is 289 g/mol. The van der Waals surface area contributed by atoms with Gasteiger partial charge in [-0.3, -0.25) is 4.79 Å². The van der Waals surface area contributed by atoms with E-state index >= 15 is 0 Å². The molecule has 0 radical (unpaired) electrons. The zero-order valence-corrected chi connectivity index (χ0v) is 12.5. The molecule has 1 saturated heterocycles. The molecule has 4 nitrogen and oxygen atoms in total. The number of aryl methyl sites for hydroxylation is 1. The molecule has 1 heterocycles. The van der Waals surface area contributed by atoms with Crippen molar-refractivity contribution >= 4 is 5.91 Å². The van der Waals surface area contributed by atoms with E-state index < -0.39 is 5.60 Å². The van der Waals surface area contributed by atoms with E-state index in [2.05, 4.69) is 0 Å². The van der Waals surface area contributed by atoms with E-state index in [4.69, 9.17) is 0 Å². The van der Waals surface area contributed by atoms with Crippen LogP contribution in [0.4, 0.5) is 0 Å². The maximum absolute atomic E-state index is 12.6. The van der Waals surface area contributed by atoms with E-state index in [1.54, 1.807) is 23.1 Å². The van der Waals surface area contributed by atoms with Crippen LogP contribution in [0.5, 0.6) is 5.75 Å². The number of nitrogens with zero attached hydrogens (tertiary/aromatic N) is 1. The number of benzene rings is 1. The first-order valence-electron chi connectivity index (χ1n) is 7.81. The van der Waals surface area contributed by atoms with Crippen LogP contribution in [0.1, 0.15) is 48.0 Å². The van der Waals surface area contributed by atoms with Crippen LogP contribution in [0.3, 0.4) is 0 Å². The fourth-order valence-electron chi connectivity index (χ4n) is 3.75. The number of carbonyl (C=O) groups excluding carboxylic acids is 1. The van der Waals surface area contributed by atoms with Crippen LogP contribution in [0, 0.1) is 12.8 Å². The van der Waals surface area contributed by atoms with Crippen molar-refractivity contribution in [3.05, 3.63) is 29.3 Å². The Morgan fingerprint density at radius 3 is 2.95 bits per heavy atom. The van der Waals surface area contributed by atoms with Gasteiger partial charge in [0.15, 0.2) is 0 Å². The molecule has 0 spiro atoms. The number of carbonyl (C=O) groups is 1. The van der Waals surface area contributed by atoms with E-state index in [-0.39, 0.29) is 17.6 Å². The predicted octanol–water partition coefficient (Wildman–Crippen LogP) is 2.47. The average molecular weight is 289 g/mol. The molecule has 2 aliphatic rings. The van der Waals surface area contributed by atoms with Gasteiger partial charge < -0.3 is 15.1 Å². The molecule has 1 aliphatic heterocycles. The van der Waals surface area contributed by atoms with Crippen molar-refractivity contribution in [2.24, 2.45) is 5.92 Å². The molecular formula is C17H23NO3. The highest BCUT2D eigenvalue weighted by Gasteiger charge is 2.43. The molecule has 2 unspecified atom stereocenters. The highest BCUT2D eigenvalue weighted by Crippen LogP contribution is 2.40. The zero-order valence-electron chi connectivity index (χ0n) is 12.5. The third kappa shape index (κ3) is 2.64. The number of phenolic OH excluding ortho intramolecular Hbond substituents is 1. The highest BCUT2D eigenvalue weighted by atomic mass is 16.3. The fraction of sp³-hybridized carbons (Fsp3) is 0.588. The zero-order chi connectivity index (χ0) is 15.0. The summed E-state index contributed by atoms with van der Waals surface area (Å²) >= 11 is 0. The molecule has 1 aliphatic carbocycles. The molecule has 1 amide bonds. The van der Waals surface area contributed by atoms with Crippen molar-refractivity contribution < 1.29 is 15.0 Å². The van der Waals surface area contributed by atoms with Crippen LogP contribution in [0.2, 0.25) is 0 Å². The van der Waals surface area contributed by atoms with Crippen LogP contribution in [0.15, 0.2) is 18.2 Å². The van der Waals surface area contributed by atoms with Gasteiger partial charge in [-0.25, -0.2) is 0 Å². The number of piperidine rings is 1. The Morgan fingerprint density at radius 1 is 1.33 bits per heavy atom. The Labute approximate surface area is 125 Å². The molecule has 1 saturated carbocycles. The summed E-state index contributed by atoms with van der Waals surface area (Å²) in [5.74, 6) is 0.0924. The summed E-state index contributed by atoms with van der Waals surface area (Å²) in [6.07, 6.45) is 4.70. The lowest BCUT2D eigenvalue weighted by Crippen LogP contribution is -2.54. The van der Waals surface area contributed by atoms with E-state index in [9.17, 15) is 15.0 Å². The number of amides is 1. The number of aromatic hydroxyl groups is 1. The summed E-state index contributed by atoms with van der Waals surface area (Å²) in [5.41, 5.74) is 0.752. The van der Waals surface area contributed by atoms with Crippen molar-refractivity contribution in [2.45, 2.75) is 44.6 Å². The van der Waals surface area contributed by atoms with Gasteiger partial charge in [0.25, 0.3) is 5.91 Å². The lowest BCUT2D eigenvalue weighted by atomic mass is 9.71. The molecule has 3 rings (SSSR count). The third-order valence-corrected chi connectivity index (χ3v) is 5.10. The van der Waals surface area contributed by atoms with Crippen LogP contribution < -0.4 is 0 Å². The molecule has 4 heteroatoms. The number of phenols is 1. The Bertz CT molecular complexity index is 557. The number of hydrogen-bond acceptors (Lipinski definition) is 3. The van der Waals surface area contributed by atoms with Crippen molar-refractivity contribution in [2.75, 3.05) is 13.1 Å². The molecule has 2 fully saturated rings. The van der Waals surface area contributed by atoms with Crippen LogP contribution >= 0.6 is 0 Å². The number of likely N-dealkylation sites (tertiary alicyclic amines) is 1. The third-order valence-electron chi connectivity index (χ3n) is 5.10. The van der Waals surface area contributed by atoms with Gasteiger partial charge in [0, 0.05) is 19.0 Å². The largest absolute Gasteiger partial charge is 0.507 e. The maximum atomic E-state index is 12.6. The summed E-state index contributed by atoms with van der Waals surface area (Å²) in [5, 5.41) is 20.6. The lowest BCUT2D eigenvalue weighted by Gasteiger charge is -2.47. The molecule has 0 bridgehead atoms. The van der Waals surface area contributed by atoms with Crippen molar-refractivity contribution in [1.82, 2.24) is 4.90 Å². The minimum Gasteiger partial charge on any atom is -0.507 e. The molecule has 2 atom stereocenters. The highest BCUT2D eigenvalue weighted by molar-refractivity contribution is 5.97. The Morgan fingerprint density at radius 2 is 2.14 bits per heavy atom.